The first-order valence-corrected chi connectivity index (χ1v) is 27.3. The van der Waals surface area contributed by atoms with Crippen LogP contribution in [0.5, 0.6) is 11.5 Å². The molecule has 6 amide bonds. The number of hydrogen-bond donors (Lipinski definition) is 6. The molecule has 0 aromatic heterocycles. The normalized spacial score (nSPS) is 20.6. The highest BCUT2D eigenvalue weighted by Gasteiger charge is 2.41. The molecule has 16 heteroatoms. The monoisotopic (exact) mass is 1040 g/mol. The molecule has 4 aromatic rings. The molecule has 2 saturated heterocycles. The van der Waals surface area contributed by atoms with Crippen LogP contribution in [0.2, 0.25) is 0 Å². The molecule has 4 aromatic carbocycles. The Labute approximate surface area is 447 Å². The number of ether oxygens (including phenoxy) is 2. The van der Waals surface area contributed by atoms with Crippen molar-refractivity contribution >= 4 is 35.4 Å². The summed E-state index contributed by atoms with van der Waals surface area (Å²) in [6.45, 7) is 4.92. The van der Waals surface area contributed by atoms with Gasteiger partial charge in [0, 0.05) is 25.9 Å². The Morgan fingerprint density at radius 3 is 1.33 bits per heavy atom. The number of fused-ring (bicyclic) bond motifs is 2. The second-order valence-electron chi connectivity index (χ2n) is 20.6. The Morgan fingerprint density at radius 2 is 0.934 bits per heavy atom. The highest BCUT2D eigenvalue weighted by atomic mass is 16.5. The first-order chi connectivity index (χ1) is 36.9. The second kappa shape index (κ2) is 26.6. The predicted octanol–water partition coefficient (Wildman–Crippen LogP) is 5.34. The largest absolute Gasteiger partial charge is 0.490 e. The number of benzene rings is 4. The molecule has 2 aliphatic carbocycles. The molecule has 8 atom stereocenters. The molecule has 2 aliphatic heterocycles. The van der Waals surface area contributed by atoms with Gasteiger partial charge >= 0.3 is 0 Å². The summed E-state index contributed by atoms with van der Waals surface area (Å²) >= 11 is 0. The topological polar surface area (TPSA) is 200 Å². The van der Waals surface area contributed by atoms with Crippen LogP contribution < -0.4 is 41.4 Å². The molecule has 16 nitrogen and oxygen atoms in total. The maximum atomic E-state index is 14.3. The Bertz CT molecular complexity index is 2500. The fraction of sp³-hybridized carbons (Fsp3) is 0.467. The first kappa shape index (κ1) is 55.2. The van der Waals surface area contributed by atoms with Gasteiger partial charge < -0.3 is 51.2 Å². The van der Waals surface area contributed by atoms with E-state index in [1.54, 1.807) is 37.7 Å². The number of carbonyl (C=O) groups is 6. The van der Waals surface area contributed by atoms with Crippen LogP contribution in [0, 0.1) is 0 Å². The zero-order valence-corrected chi connectivity index (χ0v) is 44.5. The number of likely N-dealkylation sites (tertiary alicyclic amines) is 2. The van der Waals surface area contributed by atoms with Gasteiger partial charge in [0.2, 0.25) is 35.4 Å². The summed E-state index contributed by atoms with van der Waals surface area (Å²) in [5.74, 6) is -0.223. The molecule has 0 saturated carbocycles. The van der Waals surface area contributed by atoms with E-state index in [4.69, 9.17) is 9.47 Å². The summed E-state index contributed by atoms with van der Waals surface area (Å²) in [6, 6.07) is 27.0. The molecular weight excluding hydrogens is 961 g/mol. The average Bonchev–Trinajstić information content (AvgIpc) is 4.16. The minimum atomic E-state index is -0.876. The lowest BCUT2D eigenvalue weighted by atomic mass is 9.87. The summed E-state index contributed by atoms with van der Waals surface area (Å²) in [7, 11) is 3.38. The van der Waals surface area contributed by atoms with E-state index in [-0.39, 0.29) is 73.6 Å². The van der Waals surface area contributed by atoms with Crippen LogP contribution in [0.1, 0.15) is 111 Å². The van der Waals surface area contributed by atoms with Crippen molar-refractivity contribution in [3.8, 4) is 11.5 Å². The Morgan fingerprint density at radius 1 is 0.539 bits per heavy atom. The van der Waals surface area contributed by atoms with Crippen LogP contribution in [0.25, 0.3) is 0 Å². The van der Waals surface area contributed by atoms with Gasteiger partial charge in [-0.25, -0.2) is 0 Å². The van der Waals surface area contributed by atoms with E-state index in [0.717, 1.165) is 60.8 Å². The molecular formula is C60H76N8O8. The van der Waals surface area contributed by atoms with Crippen LogP contribution in [0.3, 0.4) is 0 Å². The molecule has 0 radical (unpaired) electrons. The van der Waals surface area contributed by atoms with Crippen molar-refractivity contribution < 1.29 is 38.2 Å². The van der Waals surface area contributed by atoms with Gasteiger partial charge in [-0.1, -0.05) is 72.8 Å². The van der Waals surface area contributed by atoms with E-state index < -0.39 is 36.3 Å². The third-order valence-corrected chi connectivity index (χ3v) is 15.5. The molecule has 2 unspecified atom stereocenters. The standard InChI is InChI=1S/C60H76N8O8/c1-39(61-3)55(69)65-51(59(73)67-33-13-23-53(67)57(71)63-49-21-11-17-43-15-5-7-19-47(43)49)37-41-25-29-45(30-26-41)75-35-9-10-36-76-46-31-27-42(28-32-46)38-52(66-56(70)40(2)62-4)60(74)68-34-14-24-54(68)58(72)64-50-22-12-18-44-16-6-8-20-48(44)50/h5-10,15-16,19-20,25-32,39-40,49-54,61-62H,11-14,17-18,21-24,33-38H2,1-4H3,(H,63,71)(H,64,72)(H,65,69)(H,66,70)/t39-,40-,49+,50+,51-,52?,53?,54-/m0/s1. The summed E-state index contributed by atoms with van der Waals surface area (Å²) in [4.78, 5) is 85.8. The molecule has 6 N–H and O–H groups in total. The molecule has 2 fully saturated rings. The van der Waals surface area contributed by atoms with E-state index in [2.05, 4.69) is 56.2 Å². The highest BCUT2D eigenvalue weighted by Crippen LogP contribution is 2.32. The number of hydrogen-bond acceptors (Lipinski definition) is 10. The van der Waals surface area contributed by atoms with Gasteiger partial charge in [-0.2, -0.15) is 0 Å². The summed E-state index contributed by atoms with van der Waals surface area (Å²) in [5, 5.41) is 18.3. The minimum Gasteiger partial charge on any atom is -0.490 e. The lowest BCUT2D eigenvalue weighted by Gasteiger charge is -2.32. The van der Waals surface area contributed by atoms with Crippen LogP contribution in [0.15, 0.2) is 109 Å². The van der Waals surface area contributed by atoms with E-state index in [1.165, 1.54) is 11.1 Å². The number of amides is 6. The smallest absolute Gasteiger partial charge is 0.246 e. The van der Waals surface area contributed by atoms with Crippen molar-refractivity contribution in [2.45, 2.75) is 139 Å². The maximum absolute atomic E-state index is 14.3. The van der Waals surface area contributed by atoms with Crippen LogP contribution in [-0.2, 0) is 54.5 Å². The molecule has 2 heterocycles. The summed E-state index contributed by atoms with van der Waals surface area (Å²) in [5.41, 5.74) is 6.43. The van der Waals surface area contributed by atoms with E-state index in [0.29, 0.717) is 50.3 Å². The number of carbonyl (C=O) groups excluding carboxylic acids is 6. The van der Waals surface area contributed by atoms with Gasteiger partial charge in [0.05, 0.1) is 24.2 Å². The van der Waals surface area contributed by atoms with E-state index >= 15 is 0 Å². The molecule has 404 valence electrons. The van der Waals surface area contributed by atoms with Crippen molar-refractivity contribution in [2.75, 3.05) is 40.4 Å². The zero-order valence-electron chi connectivity index (χ0n) is 44.5. The SMILES string of the molecule is CN[C@@H](C)C(=O)NC(Cc1ccc(OCC=CCOc2ccc(C[C@H](NC(=O)[C@H](C)NC)C(=O)N3CCCC3C(=O)N[C@@H]3CCCc4ccccc43)cc2)cc1)C(=O)N1CCC[C@H]1C(=O)N[C@@H]1CCCc2ccccc21. The van der Waals surface area contributed by atoms with Gasteiger partial charge in [0.1, 0.15) is 48.9 Å². The van der Waals surface area contributed by atoms with Crippen molar-refractivity contribution in [3.05, 3.63) is 143 Å². The van der Waals surface area contributed by atoms with Gasteiger partial charge in [0.25, 0.3) is 0 Å². The third-order valence-electron chi connectivity index (χ3n) is 15.5. The maximum Gasteiger partial charge on any atom is 0.246 e. The van der Waals surface area contributed by atoms with Crippen LogP contribution >= 0.6 is 0 Å². The van der Waals surface area contributed by atoms with Crippen molar-refractivity contribution in [2.24, 2.45) is 0 Å². The Hall–Kier alpha value is -7.04. The fourth-order valence-electron chi connectivity index (χ4n) is 10.9. The molecule has 4 aliphatic rings. The summed E-state index contributed by atoms with van der Waals surface area (Å²) in [6.07, 6.45) is 12.4. The second-order valence-corrected chi connectivity index (χ2v) is 20.6. The Kier molecular flexibility index (Phi) is 19.3. The third kappa shape index (κ3) is 14.1. The van der Waals surface area contributed by atoms with E-state index in [9.17, 15) is 28.8 Å². The van der Waals surface area contributed by atoms with Gasteiger partial charge in [-0.05, 0) is 162 Å². The average molecular weight is 1040 g/mol. The van der Waals surface area contributed by atoms with Crippen LogP contribution in [0.4, 0.5) is 0 Å². The van der Waals surface area contributed by atoms with Crippen LogP contribution in [-0.4, -0.2) is 122 Å². The zero-order chi connectivity index (χ0) is 53.6. The molecule has 0 spiro atoms. The highest BCUT2D eigenvalue weighted by molar-refractivity contribution is 5.95. The number of nitrogens with one attached hydrogen (secondary N) is 6. The fourth-order valence-corrected chi connectivity index (χ4v) is 10.9. The number of likely N-dealkylation sites (N-methyl/N-ethyl adjacent to an activating group) is 2. The lowest BCUT2D eigenvalue weighted by Crippen LogP contribution is -2.56. The van der Waals surface area contributed by atoms with Crippen molar-refractivity contribution in [1.82, 2.24) is 41.7 Å². The minimum absolute atomic E-state index is 0.0950. The summed E-state index contributed by atoms with van der Waals surface area (Å²) < 4.78 is 12.0. The van der Waals surface area contributed by atoms with Crippen molar-refractivity contribution in [1.29, 1.82) is 0 Å². The van der Waals surface area contributed by atoms with Gasteiger partial charge in [-0.3, -0.25) is 28.8 Å². The van der Waals surface area contributed by atoms with Gasteiger partial charge in [-0.15, -0.1) is 0 Å². The first-order valence-electron chi connectivity index (χ1n) is 27.3. The number of rotatable bonds is 22. The molecule has 8 rings (SSSR count). The van der Waals surface area contributed by atoms with E-state index in [1.807, 2.05) is 84.9 Å². The predicted molar refractivity (Wildman–Crippen MR) is 291 cm³/mol. The number of aryl methyl sites for hydroxylation is 2. The molecule has 0 bridgehead atoms. The quantitative estimate of drug-likeness (QED) is 0.0559. The molecule has 76 heavy (non-hydrogen) atoms. The lowest BCUT2D eigenvalue weighted by molar-refractivity contribution is -0.141. The number of nitrogens with zero attached hydrogens (tertiary/aromatic N) is 2. The Balaban J connectivity index is 0.813. The van der Waals surface area contributed by atoms with Gasteiger partial charge in [0.15, 0.2) is 0 Å². The van der Waals surface area contributed by atoms with Crippen molar-refractivity contribution in [3.63, 3.8) is 0 Å².